The highest BCUT2D eigenvalue weighted by Crippen LogP contribution is 2.22. The molecule has 0 amide bonds. The van der Waals surface area contributed by atoms with Gasteiger partial charge < -0.3 is 4.74 Å². The minimum Gasteiger partial charge on any atom is -0.461 e. The van der Waals surface area contributed by atoms with Crippen molar-refractivity contribution in [2.24, 2.45) is 5.10 Å². The topological polar surface area (TPSA) is 28.1 Å². The highest BCUT2D eigenvalue weighted by molar-refractivity contribution is 5.91. The van der Waals surface area contributed by atoms with Gasteiger partial charge in [0.15, 0.2) is 0 Å². The molecular weight excluding hydrogens is 226 g/mol. The number of hydrazone groups is 1. The van der Waals surface area contributed by atoms with E-state index in [0.29, 0.717) is 12.1 Å². The first-order valence-corrected chi connectivity index (χ1v) is 6.61. The van der Waals surface area contributed by atoms with Crippen LogP contribution in [0.15, 0.2) is 35.4 Å². The van der Waals surface area contributed by atoms with E-state index in [1.165, 1.54) is 19.3 Å². The van der Waals surface area contributed by atoms with E-state index in [9.17, 15) is 0 Å². The molecule has 4 nitrogen and oxygen atoms in total. The van der Waals surface area contributed by atoms with E-state index >= 15 is 0 Å². The van der Waals surface area contributed by atoms with Gasteiger partial charge in [0.05, 0.1) is 6.04 Å². The largest absolute Gasteiger partial charge is 0.461 e. The number of hydrogen-bond donors (Lipinski definition) is 0. The van der Waals surface area contributed by atoms with Gasteiger partial charge in [-0.25, -0.2) is 0 Å². The van der Waals surface area contributed by atoms with Crippen LogP contribution in [-0.4, -0.2) is 37.3 Å². The van der Waals surface area contributed by atoms with Gasteiger partial charge in [0.1, 0.15) is 6.61 Å². The predicted octanol–water partition coefficient (Wildman–Crippen LogP) is 2.28. The molecule has 0 N–H and O–H groups in total. The van der Waals surface area contributed by atoms with Crippen molar-refractivity contribution in [1.29, 1.82) is 0 Å². The maximum Gasteiger partial charge on any atom is 0.313 e. The van der Waals surface area contributed by atoms with Crippen molar-refractivity contribution in [3.63, 3.8) is 0 Å². The molecule has 1 saturated heterocycles. The van der Waals surface area contributed by atoms with Crippen LogP contribution in [0.5, 0.6) is 0 Å². The molecule has 0 aromatic heterocycles. The third kappa shape index (κ3) is 2.15. The zero-order valence-corrected chi connectivity index (χ0v) is 10.7. The molecule has 0 saturated carbocycles. The Morgan fingerprint density at radius 2 is 2.11 bits per heavy atom. The molecule has 0 radical (unpaired) electrons. The van der Waals surface area contributed by atoms with Gasteiger partial charge in [0.25, 0.3) is 0 Å². The lowest BCUT2D eigenvalue weighted by Gasteiger charge is -2.38. The van der Waals surface area contributed by atoms with Crippen LogP contribution < -0.4 is 4.90 Å². The SMILES string of the molecule is CN(C1=NN2CCCCC2CO1)c1ccccc1. The van der Waals surface area contributed by atoms with Crippen LogP contribution in [0.25, 0.3) is 0 Å². The van der Waals surface area contributed by atoms with E-state index in [1.54, 1.807) is 0 Å². The number of anilines is 1. The predicted molar refractivity (Wildman–Crippen MR) is 72.6 cm³/mol. The number of rotatable bonds is 1. The molecule has 0 bridgehead atoms. The van der Waals surface area contributed by atoms with Crippen LogP contribution >= 0.6 is 0 Å². The van der Waals surface area contributed by atoms with Crippen molar-refractivity contribution in [1.82, 2.24) is 5.01 Å². The molecule has 0 aliphatic carbocycles. The Balaban J connectivity index is 1.78. The van der Waals surface area contributed by atoms with Gasteiger partial charge in [-0.1, -0.05) is 18.2 Å². The Labute approximate surface area is 108 Å². The van der Waals surface area contributed by atoms with Crippen molar-refractivity contribution in [3.05, 3.63) is 30.3 Å². The second-order valence-electron chi connectivity index (χ2n) is 4.90. The minimum atomic E-state index is 0.478. The number of para-hydroxylation sites is 1. The number of benzene rings is 1. The summed E-state index contributed by atoms with van der Waals surface area (Å²) in [5.41, 5.74) is 1.10. The third-order valence-corrected chi connectivity index (χ3v) is 3.65. The van der Waals surface area contributed by atoms with Gasteiger partial charge in [-0.3, -0.25) is 9.91 Å². The second-order valence-corrected chi connectivity index (χ2v) is 4.90. The van der Waals surface area contributed by atoms with Crippen LogP contribution in [0.2, 0.25) is 0 Å². The van der Waals surface area contributed by atoms with Crippen LogP contribution in [0, 0.1) is 0 Å². The number of piperidine rings is 1. The Morgan fingerprint density at radius 3 is 2.94 bits per heavy atom. The van der Waals surface area contributed by atoms with Gasteiger partial charge in [-0.15, -0.1) is 5.10 Å². The molecular formula is C14H19N3O. The molecule has 1 atom stereocenters. The number of nitrogens with zero attached hydrogens (tertiary/aromatic N) is 3. The lowest BCUT2D eigenvalue weighted by atomic mass is 10.0. The number of hydrogen-bond acceptors (Lipinski definition) is 4. The molecule has 4 heteroatoms. The molecule has 1 aromatic carbocycles. The van der Waals surface area contributed by atoms with Crippen LogP contribution in [0.1, 0.15) is 19.3 Å². The summed E-state index contributed by atoms with van der Waals surface area (Å²) in [4.78, 5) is 2.00. The molecule has 0 spiro atoms. The van der Waals surface area contributed by atoms with E-state index in [2.05, 4.69) is 22.2 Å². The maximum atomic E-state index is 5.80. The molecule has 2 aliphatic rings. The quantitative estimate of drug-likeness (QED) is 0.760. The Kier molecular flexibility index (Phi) is 3.09. The number of fused-ring (bicyclic) bond motifs is 1. The normalized spacial score (nSPS) is 22.8. The fourth-order valence-electron chi connectivity index (χ4n) is 2.52. The molecule has 1 fully saturated rings. The highest BCUT2D eigenvalue weighted by atomic mass is 16.5. The minimum absolute atomic E-state index is 0.478. The van der Waals surface area contributed by atoms with E-state index in [1.807, 2.05) is 30.1 Å². The van der Waals surface area contributed by atoms with Crippen molar-refractivity contribution in [2.75, 3.05) is 25.1 Å². The monoisotopic (exact) mass is 245 g/mol. The van der Waals surface area contributed by atoms with Crippen molar-refractivity contribution in [3.8, 4) is 0 Å². The fraction of sp³-hybridized carbons (Fsp3) is 0.500. The molecule has 3 rings (SSSR count). The van der Waals surface area contributed by atoms with Gasteiger partial charge in [-0.05, 0) is 31.4 Å². The van der Waals surface area contributed by atoms with Gasteiger partial charge >= 0.3 is 6.02 Å². The number of ether oxygens (including phenoxy) is 1. The summed E-state index contributed by atoms with van der Waals surface area (Å²) >= 11 is 0. The van der Waals surface area contributed by atoms with Crippen LogP contribution in [-0.2, 0) is 4.74 Å². The summed E-state index contributed by atoms with van der Waals surface area (Å²) in [6.45, 7) is 1.82. The molecule has 2 heterocycles. The maximum absolute atomic E-state index is 5.80. The lowest BCUT2D eigenvalue weighted by molar-refractivity contribution is 0.0662. The summed E-state index contributed by atoms with van der Waals surface area (Å²) in [6.07, 6.45) is 3.73. The van der Waals surface area contributed by atoms with Crippen molar-refractivity contribution in [2.45, 2.75) is 25.3 Å². The lowest BCUT2D eigenvalue weighted by Crippen LogP contribution is -2.47. The molecule has 96 valence electrons. The Bertz CT molecular complexity index is 432. The average Bonchev–Trinajstić information content (AvgIpc) is 2.47. The molecule has 2 aliphatic heterocycles. The first kappa shape index (κ1) is 11.4. The summed E-state index contributed by atoms with van der Waals surface area (Å²) in [7, 11) is 2.00. The zero-order chi connectivity index (χ0) is 12.4. The van der Waals surface area contributed by atoms with Crippen molar-refractivity contribution >= 4 is 11.7 Å². The average molecular weight is 245 g/mol. The fourth-order valence-corrected chi connectivity index (χ4v) is 2.52. The standard InChI is InChI=1S/C14H19N3O/c1-16(12-7-3-2-4-8-12)14-15-17-10-6-5-9-13(17)11-18-14/h2-4,7-8,13H,5-6,9-11H2,1H3. The van der Waals surface area contributed by atoms with Gasteiger partial charge in [0, 0.05) is 19.3 Å². The Morgan fingerprint density at radius 1 is 1.28 bits per heavy atom. The zero-order valence-electron chi connectivity index (χ0n) is 10.7. The smallest absolute Gasteiger partial charge is 0.313 e. The second kappa shape index (κ2) is 4.88. The van der Waals surface area contributed by atoms with E-state index < -0.39 is 0 Å². The third-order valence-electron chi connectivity index (χ3n) is 3.65. The first-order chi connectivity index (χ1) is 8.84. The molecule has 1 unspecified atom stereocenters. The highest BCUT2D eigenvalue weighted by Gasteiger charge is 2.28. The van der Waals surface area contributed by atoms with Crippen LogP contribution in [0.4, 0.5) is 5.69 Å². The van der Waals surface area contributed by atoms with E-state index in [-0.39, 0.29) is 0 Å². The summed E-state index contributed by atoms with van der Waals surface area (Å²) in [5.74, 6) is 0. The first-order valence-electron chi connectivity index (χ1n) is 6.61. The van der Waals surface area contributed by atoms with Crippen molar-refractivity contribution < 1.29 is 4.74 Å². The molecule has 1 aromatic rings. The van der Waals surface area contributed by atoms with E-state index in [0.717, 1.165) is 18.8 Å². The summed E-state index contributed by atoms with van der Waals surface area (Å²) in [5, 5.41) is 6.83. The van der Waals surface area contributed by atoms with Crippen LogP contribution in [0.3, 0.4) is 0 Å². The Hall–Kier alpha value is -1.71. The van der Waals surface area contributed by atoms with Gasteiger partial charge in [0.2, 0.25) is 0 Å². The van der Waals surface area contributed by atoms with Gasteiger partial charge in [-0.2, -0.15) is 0 Å². The number of amidine groups is 1. The summed E-state index contributed by atoms with van der Waals surface area (Å²) < 4.78 is 5.80. The summed E-state index contributed by atoms with van der Waals surface area (Å²) in [6, 6.07) is 11.4. The molecule has 18 heavy (non-hydrogen) atoms. The van der Waals surface area contributed by atoms with E-state index in [4.69, 9.17) is 4.74 Å².